The Bertz CT molecular complexity index is 435. The molecule has 0 amide bonds. The minimum Gasteiger partial charge on any atom is -0.357 e. The quantitative estimate of drug-likeness (QED) is 0.785. The number of nitrogens with one attached hydrogen (secondary N) is 1. The normalized spacial score (nSPS) is 26.1. The number of benzene rings is 1. The van der Waals surface area contributed by atoms with Gasteiger partial charge in [0.05, 0.1) is 5.70 Å². The van der Waals surface area contributed by atoms with Crippen molar-refractivity contribution in [3.05, 3.63) is 47.7 Å². The van der Waals surface area contributed by atoms with Gasteiger partial charge in [-0.25, -0.2) is 0 Å². The Balaban J connectivity index is 1.87. The van der Waals surface area contributed by atoms with Crippen molar-refractivity contribution in [3.8, 4) is 0 Å². The number of hydroxylamine groups is 1. The van der Waals surface area contributed by atoms with Crippen LogP contribution >= 0.6 is 0 Å². The molecule has 1 spiro atoms. The molecule has 2 N–H and O–H groups in total. The largest absolute Gasteiger partial charge is 0.357 e. The summed E-state index contributed by atoms with van der Waals surface area (Å²) in [5.74, 6) is 0. The van der Waals surface area contributed by atoms with Crippen LogP contribution in [0.15, 0.2) is 42.1 Å². The monoisotopic (exact) mass is 245 g/mol. The number of ether oxygens (including phenoxy) is 1. The Morgan fingerprint density at radius 1 is 1.11 bits per heavy atom. The SMILES string of the molecule is ONC1=CC(c2ccccc2)OC12CCCCC2. The first kappa shape index (κ1) is 11.8. The highest BCUT2D eigenvalue weighted by Gasteiger charge is 2.43. The highest BCUT2D eigenvalue weighted by molar-refractivity contribution is 5.30. The number of rotatable bonds is 2. The van der Waals surface area contributed by atoms with Gasteiger partial charge in [-0.2, -0.15) is 0 Å². The van der Waals surface area contributed by atoms with Gasteiger partial charge < -0.3 is 4.74 Å². The van der Waals surface area contributed by atoms with Crippen molar-refractivity contribution in [2.24, 2.45) is 0 Å². The van der Waals surface area contributed by atoms with Crippen LogP contribution in [0.1, 0.15) is 43.8 Å². The van der Waals surface area contributed by atoms with Crippen molar-refractivity contribution >= 4 is 0 Å². The van der Waals surface area contributed by atoms with Crippen molar-refractivity contribution in [2.75, 3.05) is 0 Å². The van der Waals surface area contributed by atoms with Crippen LogP contribution in [0.3, 0.4) is 0 Å². The molecule has 1 unspecified atom stereocenters. The summed E-state index contributed by atoms with van der Waals surface area (Å²) in [5.41, 5.74) is 4.07. The molecule has 1 atom stereocenters. The molecule has 3 rings (SSSR count). The molecular formula is C15H19NO2. The Morgan fingerprint density at radius 3 is 2.50 bits per heavy atom. The Labute approximate surface area is 107 Å². The predicted molar refractivity (Wildman–Crippen MR) is 69.1 cm³/mol. The molecule has 0 radical (unpaired) electrons. The first-order chi connectivity index (χ1) is 8.84. The van der Waals surface area contributed by atoms with E-state index in [1.165, 1.54) is 19.3 Å². The van der Waals surface area contributed by atoms with Crippen LogP contribution in [0, 0.1) is 0 Å². The first-order valence-electron chi connectivity index (χ1n) is 6.69. The molecule has 18 heavy (non-hydrogen) atoms. The second-order valence-corrected chi connectivity index (χ2v) is 5.20. The van der Waals surface area contributed by atoms with Gasteiger partial charge in [0.1, 0.15) is 11.7 Å². The van der Waals surface area contributed by atoms with Gasteiger partial charge >= 0.3 is 0 Å². The molecule has 96 valence electrons. The third kappa shape index (κ3) is 1.93. The summed E-state index contributed by atoms with van der Waals surface area (Å²) in [6.45, 7) is 0. The van der Waals surface area contributed by atoms with E-state index in [9.17, 15) is 5.21 Å². The molecule has 1 aliphatic carbocycles. The Hall–Kier alpha value is -1.32. The number of hydrogen-bond donors (Lipinski definition) is 2. The summed E-state index contributed by atoms with van der Waals surface area (Å²) in [7, 11) is 0. The molecule has 3 heteroatoms. The van der Waals surface area contributed by atoms with E-state index < -0.39 is 0 Å². The highest BCUT2D eigenvalue weighted by atomic mass is 16.5. The van der Waals surface area contributed by atoms with Crippen molar-refractivity contribution in [1.82, 2.24) is 5.48 Å². The summed E-state index contributed by atoms with van der Waals surface area (Å²) in [4.78, 5) is 0. The zero-order valence-corrected chi connectivity index (χ0v) is 10.4. The summed E-state index contributed by atoms with van der Waals surface area (Å²) >= 11 is 0. The molecule has 1 heterocycles. The van der Waals surface area contributed by atoms with Crippen LogP contribution in [-0.4, -0.2) is 10.8 Å². The van der Waals surface area contributed by atoms with Gasteiger partial charge in [-0.05, 0) is 24.5 Å². The third-order valence-corrected chi connectivity index (χ3v) is 4.07. The third-order valence-electron chi connectivity index (χ3n) is 4.07. The molecular weight excluding hydrogens is 226 g/mol. The van der Waals surface area contributed by atoms with Crippen LogP contribution < -0.4 is 5.48 Å². The maximum atomic E-state index is 9.35. The molecule has 1 aromatic carbocycles. The lowest BCUT2D eigenvalue weighted by atomic mass is 9.83. The fourth-order valence-electron chi connectivity index (χ4n) is 3.10. The van der Waals surface area contributed by atoms with Gasteiger partial charge in [0.15, 0.2) is 0 Å². The van der Waals surface area contributed by atoms with Crippen LogP contribution in [0.5, 0.6) is 0 Å². The van der Waals surface area contributed by atoms with Crippen molar-refractivity contribution in [2.45, 2.75) is 43.8 Å². The molecule has 1 saturated carbocycles. The van der Waals surface area contributed by atoms with E-state index in [0.717, 1.165) is 24.1 Å². The zero-order valence-electron chi connectivity index (χ0n) is 10.4. The van der Waals surface area contributed by atoms with Crippen molar-refractivity contribution in [1.29, 1.82) is 0 Å². The predicted octanol–water partition coefficient (Wildman–Crippen LogP) is 3.32. The lowest BCUT2D eigenvalue weighted by molar-refractivity contribution is -0.0639. The Kier molecular flexibility index (Phi) is 3.10. The molecule has 0 bridgehead atoms. The first-order valence-corrected chi connectivity index (χ1v) is 6.69. The van der Waals surface area contributed by atoms with Crippen molar-refractivity contribution < 1.29 is 9.94 Å². The van der Waals surface area contributed by atoms with Crippen LogP contribution in [0.2, 0.25) is 0 Å². The molecule has 1 fully saturated rings. The van der Waals surface area contributed by atoms with E-state index in [1.54, 1.807) is 0 Å². The van der Waals surface area contributed by atoms with Gasteiger partial charge in [-0.3, -0.25) is 10.7 Å². The Morgan fingerprint density at radius 2 is 1.83 bits per heavy atom. The summed E-state index contributed by atoms with van der Waals surface area (Å²) < 4.78 is 6.26. The van der Waals surface area contributed by atoms with Gasteiger partial charge in [0.25, 0.3) is 0 Å². The van der Waals surface area contributed by atoms with Crippen LogP contribution in [0.25, 0.3) is 0 Å². The summed E-state index contributed by atoms with van der Waals surface area (Å²) in [6, 6.07) is 10.2. The van der Waals surface area contributed by atoms with E-state index in [0.29, 0.717) is 0 Å². The van der Waals surface area contributed by atoms with Gasteiger partial charge in [0, 0.05) is 0 Å². The summed E-state index contributed by atoms with van der Waals surface area (Å²) in [5, 5.41) is 9.35. The van der Waals surface area contributed by atoms with Crippen LogP contribution in [0.4, 0.5) is 0 Å². The topological polar surface area (TPSA) is 41.5 Å². The van der Waals surface area contributed by atoms with Crippen molar-refractivity contribution in [3.63, 3.8) is 0 Å². The zero-order chi connectivity index (χ0) is 12.4. The smallest absolute Gasteiger partial charge is 0.111 e. The van der Waals surface area contributed by atoms with Gasteiger partial charge in [0.2, 0.25) is 0 Å². The standard InChI is InChI=1S/C15H19NO2/c17-16-14-11-13(12-7-3-1-4-8-12)18-15(14)9-5-2-6-10-15/h1,3-4,7-8,11,13,16-17H,2,5-6,9-10H2. The van der Waals surface area contributed by atoms with Gasteiger partial charge in [-0.1, -0.05) is 49.6 Å². The lowest BCUT2D eigenvalue weighted by Crippen LogP contribution is -2.38. The second kappa shape index (κ2) is 4.75. The molecule has 2 aliphatic rings. The molecule has 0 saturated heterocycles. The second-order valence-electron chi connectivity index (χ2n) is 5.20. The maximum absolute atomic E-state index is 9.35. The molecule has 1 aromatic rings. The average Bonchev–Trinajstić information content (AvgIpc) is 2.79. The van der Waals surface area contributed by atoms with E-state index in [4.69, 9.17) is 4.74 Å². The fourth-order valence-corrected chi connectivity index (χ4v) is 3.10. The maximum Gasteiger partial charge on any atom is 0.111 e. The summed E-state index contributed by atoms with van der Waals surface area (Å²) in [6.07, 6.45) is 7.56. The van der Waals surface area contributed by atoms with Crippen LogP contribution in [-0.2, 0) is 4.74 Å². The minimum atomic E-state index is -0.284. The lowest BCUT2D eigenvalue weighted by Gasteiger charge is -2.35. The van der Waals surface area contributed by atoms with Gasteiger partial charge in [-0.15, -0.1) is 0 Å². The highest BCUT2D eigenvalue weighted by Crippen LogP contribution is 2.45. The van der Waals surface area contributed by atoms with E-state index in [1.807, 2.05) is 24.3 Å². The van der Waals surface area contributed by atoms with E-state index in [-0.39, 0.29) is 11.7 Å². The fraction of sp³-hybridized carbons (Fsp3) is 0.467. The average molecular weight is 245 g/mol. The minimum absolute atomic E-state index is 0.0426. The molecule has 1 aliphatic heterocycles. The van der Waals surface area contributed by atoms with E-state index >= 15 is 0 Å². The molecule has 0 aromatic heterocycles. The van der Waals surface area contributed by atoms with E-state index in [2.05, 4.69) is 17.6 Å². The molecule has 3 nitrogen and oxygen atoms in total. The number of hydrogen-bond acceptors (Lipinski definition) is 3.